The third-order valence-corrected chi connectivity index (χ3v) is 9.54. The summed E-state index contributed by atoms with van der Waals surface area (Å²) in [5, 5.41) is 5.62. The number of likely N-dealkylation sites (tertiary alicyclic amines) is 2. The summed E-state index contributed by atoms with van der Waals surface area (Å²) in [6, 6.07) is 26.5. The molecule has 270 valence electrons. The monoisotopic (exact) mass is 696 g/mol. The van der Waals surface area contributed by atoms with Gasteiger partial charge >= 0.3 is 12.1 Å². The van der Waals surface area contributed by atoms with Crippen LogP contribution in [0.15, 0.2) is 84.9 Å². The van der Waals surface area contributed by atoms with Gasteiger partial charge in [-0.1, -0.05) is 72.8 Å². The standard InChI is InChI=1S/C40H48N4O7/c1-2-50-37(46)26-35(41-38(47)33-18-16-32(17-19-33)31-12-7-4-8-13-31)42-39(48)34-14-9-23-44(27-34)36(45)20-15-29-21-24-43(25-22-29)40(49)51-28-30-10-5-3-6-11-30/h3-8,10-13,16-19,29,34-35H,2,9,14-15,20-28H2,1H3,(H,41,47)(H,42,48)/t34-,35-/m1/s1. The summed E-state index contributed by atoms with van der Waals surface area (Å²) in [5.41, 5.74) is 3.32. The third-order valence-electron chi connectivity index (χ3n) is 9.54. The summed E-state index contributed by atoms with van der Waals surface area (Å²) in [7, 11) is 0. The number of hydrogen-bond acceptors (Lipinski definition) is 7. The van der Waals surface area contributed by atoms with Gasteiger partial charge in [-0.2, -0.15) is 0 Å². The van der Waals surface area contributed by atoms with Crippen LogP contribution >= 0.6 is 0 Å². The molecule has 11 heteroatoms. The van der Waals surface area contributed by atoms with E-state index in [9.17, 15) is 24.0 Å². The lowest BCUT2D eigenvalue weighted by molar-refractivity contribution is -0.144. The molecule has 0 saturated carbocycles. The predicted molar refractivity (Wildman–Crippen MR) is 192 cm³/mol. The normalized spacial score (nSPS) is 16.8. The molecule has 0 aliphatic carbocycles. The maximum absolute atomic E-state index is 13.5. The first-order valence-electron chi connectivity index (χ1n) is 17.9. The first-order valence-corrected chi connectivity index (χ1v) is 17.9. The highest BCUT2D eigenvalue weighted by atomic mass is 16.6. The van der Waals surface area contributed by atoms with Crippen LogP contribution in [0.2, 0.25) is 0 Å². The molecule has 51 heavy (non-hydrogen) atoms. The molecule has 0 aromatic heterocycles. The van der Waals surface area contributed by atoms with Gasteiger partial charge in [0, 0.05) is 38.2 Å². The minimum Gasteiger partial charge on any atom is -0.466 e. The van der Waals surface area contributed by atoms with Crippen molar-refractivity contribution < 1.29 is 33.4 Å². The van der Waals surface area contributed by atoms with E-state index in [-0.39, 0.29) is 44.1 Å². The largest absolute Gasteiger partial charge is 0.466 e. The molecule has 5 rings (SSSR count). The summed E-state index contributed by atoms with van der Waals surface area (Å²) < 4.78 is 10.6. The zero-order chi connectivity index (χ0) is 36.0. The Bertz CT molecular complexity index is 1610. The fraction of sp³-hybridized carbons (Fsp3) is 0.425. The lowest BCUT2D eigenvalue weighted by atomic mass is 9.91. The van der Waals surface area contributed by atoms with E-state index in [0.717, 1.165) is 36.0 Å². The first-order chi connectivity index (χ1) is 24.8. The molecule has 2 fully saturated rings. The van der Waals surface area contributed by atoms with E-state index in [4.69, 9.17) is 9.47 Å². The molecular weight excluding hydrogens is 648 g/mol. The molecule has 2 aliphatic rings. The van der Waals surface area contributed by atoms with Crippen LogP contribution in [0, 0.1) is 11.8 Å². The Labute approximate surface area is 299 Å². The fourth-order valence-electron chi connectivity index (χ4n) is 6.62. The van der Waals surface area contributed by atoms with Crippen LogP contribution in [-0.4, -0.2) is 78.5 Å². The van der Waals surface area contributed by atoms with Gasteiger partial charge in [0.25, 0.3) is 5.91 Å². The molecule has 4 amide bonds. The highest BCUT2D eigenvalue weighted by Crippen LogP contribution is 2.25. The molecule has 3 aromatic carbocycles. The van der Waals surface area contributed by atoms with Gasteiger partial charge in [-0.3, -0.25) is 19.2 Å². The fourth-order valence-corrected chi connectivity index (χ4v) is 6.62. The topological polar surface area (TPSA) is 134 Å². The number of piperidine rings is 2. The summed E-state index contributed by atoms with van der Waals surface area (Å²) in [4.78, 5) is 68.3. The van der Waals surface area contributed by atoms with Crippen LogP contribution in [0.3, 0.4) is 0 Å². The van der Waals surface area contributed by atoms with Crippen LogP contribution in [0.1, 0.15) is 67.8 Å². The van der Waals surface area contributed by atoms with Crippen LogP contribution in [0.25, 0.3) is 11.1 Å². The highest BCUT2D eigenvalue weighted by Gasteiger charge is 2.31. The number of nitrogens with one attached hydrogen (secondary N) is 2. The minimum absolute atomic E-state index is 0.00697. The average molecular weight is 697 g/mol. The smallest absolute Gasteiger partial charge is 0.410 e. The molecule has 0 spiro atoms. The van der Waals surface area contributed by atoms with E-state index in [1.54, 1.807) is 28.9 Å². The van der Waals surface area contributed by atoms with Crippen LogP contribution in [0.4, 0.5) is 4.79 Å². The van der Waals surface area contributed by atoms with Crippen molar-refractivity contribution in [1.82, 2.24) is 20.4 Å². The maximum atomic E-state index is 13.5. The van der Waals surface area contributed by atoms with Gasteiger partial charge in [0.05, 0.1) is 18.9 Å². The van der Waals surface area contributed by atoms with Crippen molar-refractivity contribution in [3.8, 4) is 11.1 Å². The van der Waals surface area contributed by atoms with E-state index in [1.165, 1.54) is 0 Å². The molecule has 2 N–H and O–H groups in total. The molecule has 0 unspecified atom stereocenters. The Hall–Kier alpha value is -5.19. The van der Waals surface area contributed by atoms with Gasteiger partial charge in [0.15, 0.2) is 0 Å². The Morgan fingerprint density at radius 1 is 0.765 bits per heavy atom. The second kappa shape index (κ2) is 18.7. The number of carbonyl (C=O) groups excluding carboxylic acids is 5. The highest BCUT2D eigenvalue weighted by molar-refractivity contribution is 5.95. The quantitative estimate of drug-likeness (QED) is 0.177. The SMILES string of the molecule is CCOC(=O)C[C@H](NC(=O)c1ccc(-c2ccccc2)cc1)NC(=O)[C@@H]1CCCN(C(=O)CCC2CCN(C(=O)OCc3ccccc3)CC2)C1. The van der Waals surface area contributed by atoms with E-state index >= 15 is 0 Å². The summed E-state index contributed by atoms with van der Waals surface area (Å²) in [6.45, 7) is 4.16. The number of nitrogens with zero attached hydrogens (tertiary/aromatic N) is 2. The Morgan fingerprint density at radius 3 is 2.12 bits per heavy atom. The summed E-state index contributed by atoms with van der Waals surface area (Å²) in [6.07, 6.45) is 2.46. The van der Waals surface area contributed by atoms with Gasteiger partial charge in [0.2, 0.25) is 11.8 Å². The lowest BCUT2D eigenvalue weighted by Crippen LogP contribution is -2.53. The van der Waals surface area contributed by atoms with Crippen LogP contribution in [0.5, 0.6) is 0 Å². The number of carbonyl (C=O) groups is 5. The minimum atomic E-state index is -0.981. The van der Waals surface area contributed by atoms with Gasteiger partial charge in [-0.25, -0.2) is 4.79 Å². The van der Waals surface area contributed by atoms with Gasteiger partial charge in [-0.05, 0) is 73.8 Å². The van der Waals surface area contributed by atoms with Crippen LogP contribution in [-0.2, 0) is 30.5 Å². The van der Waals surface area contributed by atoms with Crippen molar-refractivity contribution in [1.29, 1.82) is 0 Å². The number of amides is 4. The van der Waals surface area contributed by atoms with Crippen molar-refractivity contribution >= 4 is 29.8 Å². The maximum Gasteiger partial charge on any atom is 0.410 e. The zero-order valence-electron chi connectivity index (χ0n) is 29.3. The van der Waals surface area contributed by atoms with E-state index in [0.29, 0.717) is 50.4 Å². The Balaban J connectivity index is 1.08. The number of rotatable bonds is 13. The lowest BCUT2D eigenvalue weighted by Gasteiger charge is -2.34. The second-order valence-corrected chi connectivity index (χ2v) is 13.2. The Morgan fingerprint density at radius 2 is 1.43 bits per heavy atom. The van der Waals surface area contributed by atoms with Crippen molar-refractivity contribution in [2.75, 3.05) is 32.8 Å². The number of esters is 1. The summed E-state index contributed by atoms with van der Waals surface area (Å²) >= 11 is 0. The molecule has 0 radical (unpaired) electrons. The number of benzene rings is 3. The van der Waals surface area contributed by atoms with E-state index < -0.39 is 24.0 Å². The number of ether oxygens (including phenoxy) is 2. The van der Waals surface area contributed by atoms with Crippen molar-refractivity contribution in [2.24, 2.45) is 11.8 Å². The molecule has 2 heterocycles. The Kier molecular flexibility index (Phi) is 13.6. The van der Waals surface area contributed by atoms with Crippen LogP contribution < -0.4 is 10.6 Å². The average Bonchev–Trinajstić information content (AvgIpc) is 3.17. The first kappa shape index (κ1) is 37.1. The van der Waals surface area contributed by atoms with Crippen molar-refractivity contribution in [3.05, 3.63) is 96.1 Å². The van der Waals surface area contributed by atoms with Crippen molar-refractivity contribution in [3.63, 3.8) is 0 Å². The summed E-state index contributed by atoms with van der Waals surface area (Å²) in [5.74, 6) is -1.43. The van der Waals surface area contributed by atoms with Gasteiger partial charge in [0.1, 0.15) is 12.8 Å². The number of hydrogen-bond donors (Lipinski definition) is 2. The van der Waals surface area contributed by atoms with E-state index in [2.05, 4.69) is 10.6 Å². The molecular formula is C40H48N4O7. The van der Waals surface area contributed by atoms with E-state index in [1.807, 2.05) is 72.8 Å². The zero-order valence-corrected chi connectivity index (χ0v) is 29.3. The molecule has 2 aliphatic heterocycles. The predicted octanol–water partition coefficient (Wildman–Crippen LogP) is 5.55. The van der Waals surface area contributed by atoms with Crippen molar-refractivity contribution in [2.45, 2.75) is 64.6 Å². The molecule has 2 atom stereocenters. The second-order valence-electron chi connectivity index (χ2n) is 13.2. The molecule has 3 aromatic rings. The van der Waals surface area contributed by atoms with Gasteiger partial charge < -0.3 is 29.9 Å². The van der Waals surface area contributed by atoms with Gasteiger partial charge in [-0.15, -0.1) is 0 Å². The molecule has 0 bridgehead atoms. The molecule has 2 saturated heterocycles. The third kappa shape index (κ3) is 11.2. The molecule has 11 nitrogen and oxygen atoms in total.